The lowest BCUT2D eigenvalue weighted by Gasteiger charge is -2.43. The molecule has 4 heterocycles. The number of para-hydroxylation sites is 2. The first kappa shape index (κ1) is 69.2. The van der Waals surface area contributed by atoms with Crippen molar-refractivity contribution in [3.8, 4) is 66.8 Å². The second-order valence-corrected chi connectivity index (χ2v) is 29.2. The quantitative estimate of drug-likeness (QED) is 0.147. The molecule has 102 heavy (non-hydrogen) atoms. The van der Waals surface area contributed by atoms with Gasteiger partial charge in [0.05, 0.1) is 5.56 Å². The van der Waals surface area contributed by atoms with Gasteiger partial charge in [-0.2, -0.15) is 13.2 Å². The summed E-state index contributed by atoms with van der Waals surface area (Å²) in [7, 11) is 8.38. The molecule has 1 atom stereocenters. The summed E-state index contributed by atoms with van der Waals surface area (Å²) in [5, 5.41) is 0. The lowest BCUT2D eigenvalue weighted by molar-refractivity contribution is -0.137. The van der Waals surface area contributed by atoms with Crippen molar-refractivity contribution in [2.75, 3.05) is 47.8 Å². The lowest BCUT2D eigenvalue weighted by atomic mass is 9.62. The van der Waals surface area contributed by atoms with Crippen LogP contribution in [-0.2, 0) is 19.0 Å². The van der Waals surface area contributed by atoms with E-state index >= 15 is 0 Å². The van der Waals surface area contributed by atoms with Crippen molar-refractivity contribution in [1.82, 2.24) is 0 Å². The van der Waals surface area contributed by atoms with Crippen LogP contribution < -0.4 is 19.6 Å². The molecule has 1 unspecified atom stereocenters. The van der Waals surface area contributed by atoms with Crippen molar-refractivity contribution in [1.29, 1.82) is 0 Å². The summed E-state index contributed by atoms with van der Waals surface area (Å²) in [5.41, 5.74) is 31.3. The van der Waals surface area contributed by atoms with Gasteiger partial charge in [0.25, 0.3) is 0 Å². The van der Waals surface area contributed by atoms with Crippen molar-refractivity contribution in [3.05, 3.63) is 275 Å². The first-order valence-electron chi connectivity index (χ1n) is 37.1. The lowest BCUT2D eigenvalue weighted by Crippen LogP contribution is -2.30. The Balaban J connectivity index is 0.000000115. The number of fused-ring (bicyclic) bond motifs is 19. The summed E-state index contributed by atoms with van der Waals surface area (Å²) in [5.74, 6) is 3.47. The maximum atomic E-state index is 14.1. The molecule has 2 bridgehead atoms. The predicted octanol–water partition coefficient (Wildman–Crippen LogP) is 27.2. The summed E-state index contributed by atoms with van der Waals surface area (Å²) in [6, 6.07) is 76.7. The highest BCUT2D eigenvalue weighted by Gasteiger charge is 2.38. The minimum Gasteiger partial charge on any atom is -0.344 e. The molecule has 0 spiro atoms. The average molecular weight is 1360 g/mol. The summed E-state index contributed by atoms with van der Waals surface area (Å²) >= 11 is 0. The first-order valence-corrected chi connectivity index (χ1v) is 37.1. The Morgan fingerprint density at radius 3 is 1.50 bits per heavy atom. The minimum absolute atomic E-state index is 0.194. The highest BCUT2D eigenvalue weighted by molar-refractivity contribution is 6.03. The van der Waals surface area contributed by atoms with E-state index in [4.69, 9.17) is 0 Å². The Morgan fingerprint density at radius 2 is 0.873 bits per heavy atom. The van der Waals surface area contributed by atoms with E-state index in [1.165, 1.54) is 153 Å². The Kier molecular flexibility index (Phi) is 19.8. The first-order chi connectivity index (χ1) is 49.4. The van der Waals surface area contributed by atoms with Crippen molar-refractivity contribution < 1.29 is 17.6 Å². The van der Waals surface area contributed by atoms with E-state index < -0.39 is 11.7 Å². The van der Waals surface area contributed by atoms with E-state index in [2.05, 4.69) is 253 Å². The van der Waals surface area contributed by atoms with E-state index in [9.17, 15) is 17.6 Å². The fourth-order valence-corrected chi connectivity index (χ4v) is 17.3. The third-order valence-electron chi connectivity index (χ3n) is 22.8. The van der Waals surface area contributed by atoms with E-state index in [1.54, 1.807) is 23.8 Å². The standard InChI is InChI=1S/C24H24FN.C24H27N.C24H25N.C22H18F3N/c1-5-16-9-11-19-20(13-16)21-14-17(25)10-12-22(21)26(4)23-8-6-7-18(15(2)3)24(19)23;1-25-22-11-3-2-6-17(22)12-13-20-16-21(14-15-23(20)25)24-18-7-4-8-19(24)10-5-9-18;1-4-9-17(2)18-14-15-22-20-11-6-5-10-19(20)21-12-7-8-13-23(21)25(3)24(22)16-18;1-3-14-8-10-18-16-6-4-5-7-17(16)19-13-15(22(23,24)25)9-11-20(19)26(2)21(18)12-14/h6-15H,5H2,1-4H3;2-3,6,11-16,18-19,24H,4-5,7-10H2,1H3;5-8,10-17H,4,9H2,1-3H3;4-13H,3H2,1-2H3. The molecule has 11 aromatic rings. The topological polar surface area (TPSA) is 13.0 Å². The number of hydrogen-bond donors (Lipinski definition) is 0. The number of hydrogen-bond acceptors (Lipinski definition) is 4. The van der Waals surface area contributed by atoms with Gasteiger partial charge in [0.1, 0.15) is 5.82 Å². The molecule has 17 rings (SSSR count). The van der Waals surface area contributed by atoms with Gasteiger partial charge in [0.2, 0.25) is 0 Å². The van der Waals surface area contributed by atoms with Gasteiger partial charge in [-0.25, -0.2) is 4.39 Å². The maximum absolute atomic E-state index is 14.1. The van der Waals surface area contributed by atoms with Crippen LogP contribution in [-0.4, -0.2) is 28.2 Å². The van der Waals surface area contributed by atoms with Gasteiger partial charge in [-0.15, -0.1) is 0 Å². The molecule has 6 aliphatic rings. The zero-order valence-electron chi connectivity index (χ0n) is 60.8. The van der Waals surface area contributed by atoms with Gasteiger partial charge >= 0.3 is 6.18 Å². The van der Waals surface area contributed by atoms with Gasteiger partial charge in [0, 0.05) is 107 Å². The second-order valence-electron chi connectivity index (χ2n) is 29.2. The van der Waals surface area contributed by atoms with Crippen LogP contribution in [0.25, 0.3) is 78.9 Å². The number of alkyl halides is 3. The van der Waals surface area contributed by atoms with Crippen molar-refractivity contribution >= 4 is 57.7 Å². The molecule has 0 aromatic heterocycles. The van der Waals surface area contributed by atoms with Crippen LogP contribution in [0.1, 0.15) is 155 Å². The zero-order valence-corrected chi connectivity index (χ0v) is 60.8. The van der Waals surface area contributed by atoms with Gasteiger partial charge in [0.15, 0.2) is 0 Å². The molecule has 0 saturated heterocycles. The van der Waals surface area contributed by atoms with E-state index in [-0.39, 0.29) is 5.82 Å². The molecule has 2 aliphatic carbocycles. The van der Waals surface area contributed by atoms with Crippen LogP contribution in [0, 0.1) is 17.7 Å². The third kappa shape index (κ3) is 13.3. The van der Waals surface area contributed by atoms with E-state index in [0.29, 0.717) is 17.4 Å². The van der Waals surface area contributed by atoms with Crippen LogP contribution in [0.15, 0.2) is 224 Å². The molecular formula is C94H94F4N4. The maximum Gasteiger partial charge on any atom is 0.416 e. The van der Waals surface area contributed by atoms with E-state index in [1.807, 2.05) is 42.3 Å². The van der Waals surface area contributed by atoms with Crippen LogP contribution in [0.5, 0.6) is 0 Å². The summed E-state index contributed by atoms with van der Waals surface area (Å²) in [6.07, 6.45) is 13.2. The molecule has 0 N–H and O–H groups in total. The molecule has 4 aliphatic heterocycles. The van der Waals surface area contributed by atoms with E-state index in [0.717, 1.165) is 81.5 Å². The Morgan fingerprint density at radius 1 is 0.392 bits per heavy atom. The third-order valence-corrected chi connectivity index (χ3v) is 22.8. The molecule has 0 radical (unpaired) electrons. The molecule has 2 saturated carbocycles. The number of rotatable bonds is 7. The number of benzene rings is 11. The minimum atomic E-state index is -4.36. The SMILES string of the molecule is CCCC(C)c1ccc2c(c1)N(C)c1ccccc1-c1ccccc1-2.CCc1ccc2c(c1)-c1cc(F)ccc1N(C)c1cccc(C(C)C)c1-2.CCc1ccc2c(c1)N(C)c1ccc(C(F)(F)F)cc1-c1ccccc1-2.CN1c2ccccc2C=Cc2cc(C3C4CCCC3CCC4)ccc21. The molecule has 8 heteroatoms. The summed E-state index contributed by atoms with van der Waals surface area (Å²) < 4.78 is 54.0. The van der Waals surface area contributed by atoms with Crippen LogP contribution in [0.3, 0.4) is 0 Å². The molecule has 0 amide bonds. The van der Waals surface area contributed by atoms with Crippen LogP contribution in [0.4, 0.5) is 63.1 Å². The number of nitrogens with zero attached hydrogens (tertiary/aromatic N) is 4. The van der Waals surface area contributed by atoms with Gasteiger partial charge < -0.3 is 19.6 Å². The average Bonchev–Trinajstić information content (AvgIpc) is 1.59. The number of aryl methyl sites for hydroxylation is 2. The van der Waals surface area contributed by atoms with Crippen molar-refractivity contribution in [2.45, 2.75) is 130 Å². The summed E-state index contributed by atoms with van der Waals surface area (Å²) in [6.45, 7) is 13.3. The molecule has 4 nitrogen and oxygen atoms in total. The van der Waals surface area contributed by atoms with Crippen molar-refractivity contribution in [2.24, 2.45) is 11.8 Å². The fraction of sp³-hybridized carbons (Fsp3) is 0.277. The zero-order chi connectivity index (χ0) is 71.1. The molecule has 518 valence electrons. The number of anilines is 8. The van der Waals surface area contributed by atoms with Crippen LogP contribution >= 0.6 is 0 Å². The fourth-order valence-electron chi connectivity index (χ4n) is 17.3. The van der Waals surface area contributed by atoms with Gasteiger partial charge in [-0.3, -0.25) is 0 Å². The molecular weight excluding hydrogens is 1260 g/mol. The molecule has 11 aromatic carbocycles. The Bertz CT molecular complexity index is 4920. The van der Waals surface area contributed by atoms with Crippen LogP contribution in [0.2, 0.25) is 0 Å². The Labute approximate surface area is 602 Å². The largest absolute Gasteiger partial charge is 0.416 e. The monoisotopic (exact) mass is 1350 g/mol. The highest BCUT2D eigenvalue weighted by atomic mass is 19.4. The van der Waals surface area contributed by atoms with Crippen molar-refractivity contribution in [3.63, 3.8) is 0 Å². The number of halogens is 4. The Hall–Kier alpha value is -9.92. The summed E-state index contributed by atoms with van der Waals surface area (Å²) in [4.78, 5) is 8.88. The van der Waals surface area contributed by atoms with Gasteiger partial charge in [-0.1, -0.05) is 219 Å². The highest BCUT2D eigenvalue weighted by Crippen LogP contribution is 2.54. The molecule has 2 fully saturated rings. The van der Waals surface area contributed by atoms with Gasteiger partial charge in [-0.05, 0) is 226 Å². The smallest absolute Gasteiger partial charge is 0.344 e. The second kappa shape index (κ2) is 29.2. The predicted molar refractivity (Wildman–Crippen MR) is 425 cm³/mol. The normalized spacial score (nSPS) is 16.5.